The van der Waals surface area contributed by atoms with Crippen molar-refractivity contribution < 1.29 is 18.6 Å². The Hall–Kier alpha value is -2.98. The van der Waals surface area contributed by atoms with E-state index in [0.29, 0.717) is 16.5 Å². The molecule has 0 aliphatic carbocycles. The number of hydrogen-bond acceptors (Lipinski definition) is 6. The first-order chi connectivity index (χ1) is 14.2. The number of carbonyl (C=O) groups is 1. The first kappa shape index (κ1) is 21.7. The molecule has 0 unspecified atom stereocenters. The van der Waals surface area contributed by atoms with Crippen LogP contribution in [-0.4, -0.2) is 27.7 Å². The Morgan fingerprint density at radius 2 is 1.97 bits per heavy atom. The minimum atomic E-state index is -1.27. The number of nitrogens with one attached hydrogen (secondary N) is 1. The van der Waals surface area contributed by atoms with Gasteiger partial charge in [0, 0.05) is 5.02 Å². The lowest BCUT2D eigenvalue weighted by atomic mass is 10.1. The number of aliphatic imine (C=N–C) groups is 1. The van der Waals surface area contributed by atoms with E-state index in [4.69, 9.17) is 26.7 Å². The Labute approximate surface area is 184 Å². The molecule has 2 aromatic carbocycles. The average Bonchev–Trinajstić information content (AvgIpc) is 3.14. The lowest BCUT2D eigenvalue weighted by Gasteiger charge is -2.24. The molecule has 30 heavy (non-hydrogen) atoms. The molecule has 0 aliphatic rings. The van der Waals surface area contributed by atoms with E-state index in [2.05, 4.69) is 36.6 Å². The van der Waals surface area contributed by atoms with Gasteiger partial charge in [0.2, 0.25) is 5.82 Å². The summed E-state index contributed by atoms with van der Waals surface area (Å²) in [5, 5.41) is 10.5. The largest absolute Gasteiger partial charge is 0.478 e. The Balaban J connectivity index is 1.77. The summed E-state index contributed by atoms with van der Waals surface area (Å²) in [6, 6.07) is 10.7. The Kier molecular flexibility index (Phi) is 6.37. The highest BCUT2D eigenvalue weighted by atomic mass is 79.9. The van der Waals surface area contributed by atoms with Gasteiger partial charge in [-0.1, -0.05) is 11.6 Å². The molecule has 0 atom stereocenters. The summed E-state index contributed by atoms with van der Waals surface area (Å²) >= 11 is 8.93. The van der Waals surface area contributed by atoms with Crippen molar-refractivity contribution in [3.05, 3.63) is 63.5 Å². The highest BCUT2D eigenvalue weighted by Gasteiger charge is 2.32. The molecule has 11 heteroatoms. The summed E-state index contributed by atoms with van der Waals surface area (Å²) in [7, 11) is 0. The number of carbonyl (C=O) groups excluding carboxylic acids is 1. The number of hydrogen-bond donors (Lipinski definition) is 2. The number of amidine groups is 1. The van der Waals surface area contributed by atoms with Crippen molar-refractivity contribution in [2.45, 2.75) is 19.4 Å². The molecule has 0 fully saturated rings. The number of rotatable bonds is 6. The highest BCUT2D eigenvalue weighted by molar-refractivity contribution is 9.10. The van der Waals surface area contributed by atoms with Gasteiger partial charge in [-0.05, 0) is 82.6 Å². The normalized spacial score (nSPS) is 12.0. The zero-order chi connectivity index (χ0) is 21.9. The Morgan fingerprint density at radius 3 is 2.63 bits per heavy atom. The fraction of sp³-hybridized carbons (Fsp3) is 0.158. The minimum Gasteiger partial charge on any atom is -0.478 e. The fourth-order valence-electron chi connectivity index (χ4n) is 2.29. The summed E-state index contributed by atoms with van der Waals surface area (Å²) in [5.74, 6) is -0.615. The maximum Gasteiger partial charge on any atom is 0.269 e. The average molecular weight is 497 g/mol. The van der Waals surface area contributed by atoms with Gasteiger partial charge >= 0.3 is 0 Å². The molecular weight excluding hydrogens is 481 g/mol. The second kappa shape index (κ2) is 8.80. The van der Waals surface area contributed by atoms with Crippen LogP contribution >= 0.6 is 27.5 Å². The monoisotopic (exact) mass is 495 g/mol. The van der Waals surface area contributed by atoms with Crippen LogP contribution in [-0.2, 0) is 4.79 Å². The lowest BCUT2D eigenvalue weighted by Crippen LogP contribution is -2.43. The second-order valence-corrected chi connectivity index (χ2v) is 7.87. The van der Waals surface area contributed by atoms with Gasteiger partial charge in [0.15, 0.2) is 17.1 Å². The maximum atomic E-state index is 13.4. The van der Waals surface area contributed by atoms with Crippen LogP contribution in [0.4, 0.5) is 15.9 Å². The van der Waals surface area contributed by atoms with Crippen LogP contribution < -0.4 is 15.8 Å². The Morgan fingerprint density at radius 1 is 1.27 bits per heavy atom. The minimum absolute atomic E-state index is 0.0195. The molecule has 1 aromatic heterocycles. The van der Waals surface area contributed by atoms with Crippen molar-refractivity contribution in [1.82, 2.24) is 10.3 Å². The summed E-state index contributed by atoms with van der Waals surface area (Å²) in [6.45, 7) is 3.16. The van der Waals surface area contributed by atoms with Gasteiger partial charge in [-0.2, -0.15) is 0 Å². The maximum absolute atomic E-state index is 13.4. The second-order valence-electron chi connectivity index (χ2n) is 6.58. The first-order valence-corrected chi connectivity index (χ1v) is 9.71. The van der Waals surface area contributed by atoms with Gasteiger partial charge in [-0.15, -0.1) is 0 Å². The van der Waals surface area contributed by atoms with Crippen molar-refractivity contribution >= 4 is 50.8 Å². The Bertz CT molecular complexity index is 1100. The molecule has 0 bridgehead atoms. The number of aromatic nitrogens is 2. The van der Waals surface area contributed by atoms with Crippen LogP contribution in [0.3, 0.4) is 0 Å². The van der Waals surface area contributed by atoms with Crippen LogP contribution in [0.2, 0.25) is 5.02 Å². The molecule has 0 spiro atoms. The molecule has 8 nitrogen and oxygen atoms in total. The van der Waals surface area contributed by atoms with Gasteiger partial charge in [-0.25, -0.2) is 14.0 Å². The molecule has 3 N–H and O–H groups in total. The first-order valence-electron chi connectivity index (χ1n) is 8.54. The van der Waals surface area contributed by atoms with Crippen molar-refractivity contribution in [2.24, 2.45) is 10.7 Å². The van der Waals surface area contributed by atoms with Gasteiger partial charge in [0.25, 0.3) is 5.91 Å². The van der Waals surface area contributed by atoms with Crippen molar-refractivity contribution in [2.75, 3.05) is 5.32 Å². The number of nitrogens with two attached hydrogens (primary N) is 1. The SMILES string of the molecule is CC(C)(Oc1ccc(Cl)cc1)C(=O)Nc1nonc1C(N)=Nc1ccc(F)c(Br)c1. The van der Waals surface area contributed by atoms with E-state index in [1.165, 1.54) is 18.2 Å². The summed E-state index contributed by atoms with van der Waals surface area (Å²) in [6.07, 6.45) is 0. The van der Waals surface area contributed by atoms with Crippen LogP contribution in [0.1, 0.15) is 19.5 Å². The third kappa shape index (κ3) is 5.14. The van der Waals surface area contributed by atoms with E-state index in [9.17, 15) is 9.18 Å². The van der Waals surface area contributed by atoms with Gasteiger partial charge in [0.1, 0.15) is 11.6 Å². The van der Waals surface area contributed by atoms with Crippen molar-refractivity contribution in [3.63, 3.8) is 0 Å². The van der Waals surface area contributed by atoms with E-state index >= 15 is 0 Å². The number of nitrogens with zero attached hydrogens (tertiary/aromatic N) is 3. The summed E-state index contributed by atoms with van der Waals surface area (Å²) in [5.41, 5.74) is 5.09. The zero-order valence-electron chi connectivity index (χ0n) is 15.8. The van der Waals surface area contributed by atoms with Gasteiger partial charge in [-0.3, -0.25) is 4.79 Å². The fourth-order valence-corrected chi connectivity index (χ4v) is 2.78. The predicted molar refractivity (Wildman–Crippen MR) is 114 cm³/mol. The topological polar surface area (TPSA) is 116 Å². The molecule has 1 amide bonds. The molecule has 3 rings (SSSR count). The molecule has 0 saturated heterocycles. The van der Waals surface area contributed by atoms with E-state index in [1.807, 2.05) is 0 Å². The van der Waals surface area contributed by atoms with E-state index < -0.39 is 17.3 Å². The summed E-state index contributed by atoms with van der Waals surface area (Å²) in [4.78, 5) is 16.9. The van der Waals surface area contributed by atoms with E-state index in [1.54, 1.807) is 38.1 Å². The molecule has 1 heterocycles. The number of anilines is 1. The molecular formula is C19H16BrClFN5O3. The van der Waals surface area contributed by atoms with Gasteiger partial charge < -0.3 is 15.8 Å². The number of ether oxygens (including phenoxy) is 1. The van der Waals surface area contributed by atoms with Crippen LogP contribution in [0, 0.1) is 5.82 Å². The van der Waals surface area contributed by atoms with Crippen LogP contribution in [0.5, 0.6) is 5.75 Å². The molecule has 0 aliphatic heterocycles. The molecule has 0 radical (unpaired) electrons. The van der Waals surface area contributed by atoms with E-state index in [-0.39, 0.29) is 21.8 Å². The van der Waals surface area contributed by atoms with Crippen molar-refractivity contribution in [3.8, 4) is 5.75 Å². The summed E-state index contributed by atoms with van der Waals surface area (Å²) < 4.78 is 24.0. The lowest BCUT2D eigenvalue weighted by molar-refractivity contribution is -0.128. The van der Waals surface area contributed by atoms with Crippen LogP contribution in [0.25, 0.3) is 0 Å². The smallest absolute Gasteiger partial charge is 0.269 e. The standard InChI is InChI=1S/C19H16BrClFN5O3/c1-19(2,29-12-6-3-10(21)4-7-12)18(28)25-17-15(26-30-27-17)16(23)24-11-5-8-14(22)13(20)9-11/h3-9H,1-2H3,(H2,23,24)(H,25,27,28). The number of benzene rings is 2. The van der Waals surface area contributed by atoms with Crippen molar-refractivity contribution in [1.29, 1.82) is 0 Å². The highest BCUT2D eigenvalue weighted by Crippen LogP contribution is 2.24. The zero-order valence-corrected chi connectivity index (χ0v) is 18.2. The van der Waals surface area contributed by atoms with Crippen LogP contribution in [0.15, 0.2) is 56.6 Å². The predicted octanol–water partition coefficient (Wildman–Crippen LogP) is 4.46. The van der Waals surface area contributed by atoms with E-state index in [0.717, 1.165) is 0 Å². The number of amides is 1. The molecule has 0 saturated carbocycles. The number of halogens is 3. The quantitative estimate of drug-likeness (QED) is 0.385. The van der Waals surface area contributed by atoms with Gasteiger partial charge in [0.05, 0.1) is 10.2 Å². The molecule has 156 valence electrons. The molecule has 3 aromatic rings. The third-order valence-corrected chi connectivity index (χ3v) is 4.71. The third-order valence-electron chi connectivity index (χ3n) is 3.85.